The minimum absolute atomic E-state index is 0.00211. The number of aromatic nitrogens is 1. The predicted molar refractivity (Wildman–Crippen MR) is 119 cm³/mol. The molecule has 2 atom stereocenters. The molecule has 0 unspecified atom stereocenters. The SMILES string of the molecule is O=C(Nc1ccccc1)N1C[C@H]2C[C@H](C1)c1ccc(-c3cccc(C(F)(F)F)c3)c(=O)n1C2. The molecule has 2 bridgehead atoms. The van der Waals surface area contributed by atoms with Crippen LogP contribution in [0.1, 0.15) is 23.6 Å². The summed E-state index contributed by atoms with van der Waals surface area (Å²) in [7, 11) is 0. The zero-order chi connectivity index (χ0) is 23.2. The molecule has 1 fully saturated rings. The summed E-state index contributed by atoms with van der Waals surface area (Å²) in [4.78, 5) is 27.8. The highest BCUT2D eigenvalue weighted by atomic mass is 19.4. The Morgan fingerprint density at radius 2 is 1.73 bits per heavy atom. The van der Waals surface area contributed by atoms with Gasteiger partial charge in [-0.3, -0.25) is 4.79 Å². The molecule has 3 aromatic rings. The summed E-state index contributed by atoms with van der Waals surface area (Å²) < 4.78 is 41.1. The van der Waals surface area contributed by atoms with E-state index in [9.17, 15) is 22.8 Å². The van der Waals surface area contributed by atoms with Gasteiger partial charge in [0.05, 0.1) is 5.56 Å². The number of urea groups is 1. The third kappa shape index (κ3) is 4.13. The lowest BCUT2D eigenvalue weighted by molar-refractivity contribution is -0.137. The van der Waals surface area contributed by atoms with Crippen molar-refractivity contribution >= 4 is 11.7 Å². The Hall–Kier alpha value is -3.55. The van der Waals surface area contributed by atoms with Crippen LogP contribution in [0.2, 0.25) is 0 Å². The number of amides is 2. The molecule has 2 amide bonds. The summed E-state index contributed by atoms with van der Waals surface area (Å²) in [5.41, 5.74) is 0.987. The maximum atomic E-state index is 13.3. The van der Waals surface area contributed by atoms with Gasteiger partial charge in [0, 0.05) is 42.5 Å². The number of nitrogens with one attached hydrogen (secondary N) is 1. The van der Waals surface area contributed by atoms with Crippen LogP contribution in [-0.4, -0.2) is 28.6 Å². The number of anilines is 1. The number of alkyl halides is 3. The molecule has 2 aliphatic heterocycles. The summed E-state index contributed by atoms with van der Waals surface area (Å²) >= 11 is 0. The lowest BCUT2D eigenvalue weighted by Crippen LogP contribution is -2.50. The number of rotatable bonds is 2. The van der Waals surface area contributed by atoms with Crippen LogP contribution >= 0.6 is 0 Å². The van der Waals surface area contributed by atoms with Gasteiger partial charge in [0.1, 0.15) is 0 Å². The fourth-order valence-corrected chi connectivity index (χ4v) is 4.92. The van der Waals surface area contributed by atoms with Crippen molar-refractivity contribution in [3.05, 3.63) is 88.3 Å². The number of nitrogens with zero attached hydrogens (tertiary/aromatic N) is 2. The van der Waals surface area contributed by atoms with Gasteiger partial charge in [-0.2, -0.15) is 13.2 Å². The number of hydrogen-bond acceptors (Lipinski definition) is 2. The van der Waals surface area contributed by atoms with Crippen molar-refractivity contribution in [2.75, 3.05) is 18.4 Å². The first-order chi connectivity index (χ1) is 15.8. The van der Waals surface area contributed by atoms with E-state index in [0.29, 0.717) is 19.6 Å². The highest BCUT2D eigenvalue weighted by Crippen LogP contribution is 2.37. The van der Waals surface area contributed by atoms with Crippen molar-refractivity contribution < 1.29 is 18.0 Å². The molecule has 0 saturated carbocycles. The van der Waals surface area contributed by atoms with Gasteiger partial charge in [0.2, 0.25) is 0 Å². The number of para-hydroxylation sites is 1. The molecular formula is C25H22F3N3O2. The maximum absolute atomic E-state index is 13.3. The predicted octanol–water partition coefficient (Wildman–Crippen LogP) is 5.19. The Labute approximate surface area is 188 Å². The highest BCUT2D eigenvalue weighted by molar-refractivity contribution is 5.89. The van der Waals surface area contributed by atoms with E-state index >= 15 is 0 Å². The van der Waals surface area contributed by atoms with Gasteiger partial charge in [-0.05, 0) is 54.3 Å². The smallest absolute Gasteiger partial charge is 0.324 e. The normalized spacial score (nSPS) is 19.7. The van der Waals surface area contributed by atoms with Crippen molar-refractivity contribution in [3.8, 4) is 11.1 Å². The third-order valence-corrected chi connectivity index (χ3v) is 6.42. The summed E-state index contributed by atoms with van der Waals surface area (Å²) in [6.07, 6.45) is -3.60. The van der Waals surface area contributed by atoms with E-state index < -0.39 is 11.7 Å². The molecule has 3 heterocycles. The van der Waals surface area contributed by atoms with E-state index in [0.717, 1.165) is 29.9 Å². The summed E-state index contributed by atoms with van der Waals surface area (Å²) in [6.45, 7) is 1.44. The maximum Gasteiger partial charge on any atom is 0.416 e. The first-order valence-corrected chi connectivity index (χ1v) is 10.8. The van der Waals surface area contributed by atoms with E-state index in [1.54, 1.807) is 15.5 Å². The zero-order valence-corrected chi connectivity index (χ0v) is 17.7. The molecule has 0 aliphatic carbocycles. The Morgan fingerprint density at radius 1 is 0.939 bits per heavy atom. The van der Waals surface area contributed by atoms with Crippen molar-refractivity contribution in [2.24, 2.45) is 5.92 Å². The molecule has 2 aromatic carbocycles. The Balaban J connectivity index is 1.41. The fraction of sp³-hybridized carbons (Fsp3) is 0.280. The number of hydrogen-bond donors (Lipinski definition) is 1. The molecule has 5 nitrogen and oxygen atoms in total. The Bertz CT molecular complexity index is 1250. The lowest BCUT2D eigenvalue weighted by Gasteiger charge is -2.42. The van der Waals surface area contributed by atoms with Gasteiger partial charge in [-0.15, -0.1) is 0 Å². The first-order valence-electron chi connectivity index (χ1n) is 10.8. The standard InChI is InChI=1S/C25H22F3N3O2/c26-25(27,28)19-6-4-5-17(12-19)21-9-10-22-18-11-16(14-31(22)23(21)32)13-30(15-18)24(33)29-20-7-2-1-3-8-20/h1-10,12,16,18H,11,13-15H2,(H,29,33)/t16-,18-/m1/s1. The van der Waals surface area contributed by atoms with Gasteiger partial charge < -0.3 is 14.8 Å². The minimum atomic E-state index is -4.47. The Morgan fingerprint density at radius 3 is 2.48 bits per heavy atom. The lowest BCUT2D eigenvalue weighted by atomic mass is 9.83. The van der Waals surface area contributed by atoms with Gasteiger partial charge in [-0.1, -0.05) is 30.3 Å². The monoisotopic (exact) mass is 453 g/mol. The minimum Gasteiger partial charge on any atom is -0.324 e. The molecule has 1 aromatic heterocycles. The van der Waals surface area contributed by atoms with Crippen LogP contribution in [0.3, 0.4) is 0 Å². The molecule has 0 spiro atoms. The van der Waals surface area contributed by atoms with E-state index in [1.807, 2.05) is 36.4 Å². The van der Waals surface area contributed by atoms with Gasteiger partial charge in [0.25, 0.3) is 5.56 Å². The number of fused-ring (bicyclic) bond motifs is 4. The van der Waals surface area contributed by atoms with Crippen LogP contribution in [0, 0.1) is 5.92 Å². The highest BCUT2D eigenvalue weighted by Gasteiger charge is 2.37. The second kappa shape index (κ2) is 8.10. The van der Waals surface area contributed by atoms with E-state index in [2.05, 4.69) is 5.32 Å². The largest absolute Gasteiger partial charge is 0.416 e. The number of benzene rings is 2. The van der Waals surface area contributed by atoms with E-state index in [-0.39, 0.29) is 34.6 Å². The summed E-state index contributed by atoms with van der Waals surface area (Å²) in [6, 6.07) is 17.3. The second-order valence-electron chi connectivity index (χ2n) is 8.67. The number of likely N-dealkylation sites (tertiary alicyclic amines) is 1. The average Bonchev–Trinajstić information content (AvgIpc) is 2.80. The van der Waals surface area contributed by atoms with Gasteiger partial charge in [-0.25, -0.2) is 4.79 Å². The molecule has 1 saturated heterocycles. The summed E-state index contributed by atoms with van der Waals surface area (Å²) in [5, 5.41) is 2.91. The third-order valence-electron chi connectivity index (χ3n) is 6.42. The number of carbonyl (C=O) groups is 1. The van der Waals surface area contributed by atoms with E-state index in [4.69, 9.17) is 0 Å². The van der Waals surface area contributed by atoms with Crippen LogP contribution in [0.4, 0.5) is 23.7 Å². The fourth-order valence-electron chi connectivity index (χ4n) is 4.92. The quantitative estimate of drug-likeness (QED) is 0.581. The number of piperidine rings is 1. The zero-order valence-electron chi connectivity index (χ0n) is 17.7. The van der Waals surface area contributed by atoms with Crippen molar-refractivity contribution in [1.29, 1.82) is 0 Å². The van der Waals surface area contributed by atoms with Crippen molar-refractivity contribution in [2.45, 2.75) is 25.1 Å². The van der Waals surface area contributed by atoms with Crippen LogP contribution < -0.4 is 10.9 Å². The van der Waals surface area contributed by atoms with Gasteiger partial charge >= 0.3 is 12.2 Å². The number of carbonyl (C=O) groups excluding carboxylic acids is 1. The first kappa shape index (κ1) is 21.3. The van der Waals surface area contributed by atoms with Crippen LogP contribution in [0.5, 0.6) is 0 Å². The van der Waals surface area contributed by atoms with E-state index in [1.165, 1.54) is 12.1 Å². The molecule has 0 radical (unpaired) electrons. The second-order valence-corrected chi connectivity index (χ2v) is 8.67. The molecule has 5 rings (SSSR count). The number of pyridine rings is 1. The summed E-state index contributed by atoms with van der Waals surface area (Å²) in [5.74, 6) is 0.106. The van der Waals surface area contributed by atoms with Crippen molar-refractivity contribution in [3.63, 3.8) is 0 Å². The van der Waals surface area contributed by atoms with Crippen LogP contribution in [-0.2, 0) is 12.7 Å². The number of halogens is 3. The van der Waals surface area contributed by atoms with Crippen molar-refractivity contribution in [1.82, 2.24) is 9.47 Å². The average molecular weight is 453 g/mol. The molecule has 2 aliphatic rings. The van der Waals surface area contributed by atoms with Gasteiger partial charge in [0.15, 0.2) is 0 Å². The van der Waals surface area contributed by atoms with Crippen LogP contribution in [0.15, 0.2) is 71.5 Å². The molecule has 8 heteroatoms. The van der Waals surface area contributed by atoms with Crippen LogP contribution in [0.25, 0.3) is 11.1 Å². The Kier molecular flexibility index (Phi) is 5.23. The molecule has 170 valence electrons. The molecule has 33 heavy (non-hydrogen) atoms. The molecular weight excluding hydrogens is 431 g/mol. The molecule has 1 N–H and O–H groups in total. The topological polar surface area (TPSA) is 54.3 Å².